The largest absolute Gasteiger partial charge is 0.497 e. The molecule has 0 bridgehead atoms. The molecule has 0 atom stereocenters. The molecule has 0 saturated carbocycles. The smallest absolute Gasteiger partial charge is 0.128 e. The van der Waals surface area contributed by atoms with Gasteiger partial charge < -0.3 is 19.8 Å². The maximum atomic E-state index is 6.01. The van der Waals surface area contributed by atoms with Crippen LogP contribution in [-0.4, -0.2) is 11.7 Å². The molecule has 1 aromatic heterocycles. The van der Waals surface area contributed by atoms with E-state index in [4.69, 9.17) is 15.2 Å². The Bertz CT molecular complexity index is 778. The Morgan fingerprint density at radius 2 is 1.81 bits per heavy atom. The monoisotopic (exact) mass is 282 g/mol. The molecule has 1 heterocycles. The van der Waals surface area contributed by atoms with Crippen molar-refractivity contribution in [2.24, 2.45) is 7.05 Å². The number of anilines is 1. The summed E-state index contributed by atoms with van der Waals surface area (Å²) in [6.45, 7) is 0.484. The number of rotatable bonds is 4. The SMILES string of the molecule is COc1cccc(OCc2cc3c(N)cccc3n2C)c1. The number of methoxy groups -OCH3 is 1. The number of hydrogen-bond acceptors (Lipinski definition) is 3. The van der Waals surface area contributed by atoms with Gasteiger partial charge in [-0.25, -0.2) is 0 Å². The summed E-state index contributed by atoms with van der Waals surface area (Å²) in [4.78, 5) is 0. The van der Waals surface area contributed by atoms with Crippen molar-refractivity contribution < 1.29 is 9.47 Å². The number of nitrogens with zero attached hydrogens (tertiary/aromatic N) is 1. The lowest BCUT2D eigenvalue weighted by molar-refractivity contribution is 0.295. The van der Waals surface area contributed by atoms with E-state index in [0.717, 1.165) is 33.8 Å². The van der Waals surface area contributed by atoms with Gasteiger partial charge in [0, 0.05) is 24.2 Å². The summed E-state index contributed by atoms with van der Waals surface area (Å²) in [5.41, 5.74) is 8.99. The molecule has 2 N–H and O–H groups in total. The minimum absolute atomic E-state index is 0.484. The van der Waals surface area contributed by atoms with Crippen LogP contribution < -0.4 is 15.2 Å². The number of aromatic nitrogens is 1. The van der Waals surface area contributed by atoms with E-state index in [0.29, 0.717) is 6.61 Å². The van der Waals surface area contributed by atoms with Crippen LogP contribution in [0.25, 0.3) is 10.9 Å². The maximum Gasteiger partial charge on any atom is 0.128 e. The Hall–Kier alpha value is -2.62. The quantitative estimate of drug-likeness (QED) is 0.747. The number of fused-ring (bicyclic) bond motifs is 1. The highest BCUT2D eigenvalue weighted by atomic mass is 16.5. The predicted octanol–water partition coefficient (Wildman–Crippen LogP) is 3.35. The summed E-state index contributed by atoms with van der Waals surface area (Å²) in [7, 11) is 3.66. The Balaban J connectivity index is 1.85. The lowest BCUT2D eigenvalue weighted by atomic mass is 10.2. The summed E-state index contributed by atoms with van der Waals surface area (Å²) in [5.74, 6) is 1.57. The molecule has 0 fully saturated rings. The first kappa shape index (κ1) is 13.4. The summed E-state index contributed by atoms with van der Waals surface area (Å²) >= 11 is 0. The van der Waals surface area contributed by atoms with E-state index >= 15 is 0 Å². The van der Waals surface area contributed by atoms with Crippen molar-refractivity contribution in [1.82, 2.24) is 4.57 Å². The van der Waals surface area contributed by atoms with Gasteiger partial charge >= 0.3 is 0 Å². The first-order valence-corrected chi connectivity index (χ1v) is 6.78. The number of benzene rings is 2. The number of nitrogens with two attached hydrogens (primary N) is 1. The van der Waals surface area contributed by atoms with Crippen molar-refractivity contribution in [3.8, 4) is 11.5 Å². The van der Waals surface area contributed by atoms with E-state index in [1.54, 1.807) is 7.11 Å². The van der Waals surface area contributed by atoms with E-state index in [2.05, 4.69) is 16.7 Å². The Morgan fingerprint density at radius 3 is 2.57 bits per heavy atom. The van der Waals surface area contributed by atoms with E-state index < -0.39 is 0 Å². The van der Waals surface area contributed by atoms with Crippen LogP contribution in [0, 0.1) is 0 Å². The molecule has 0 aliphatic heterocycles. The molecule has 0 unspecified atom stereocenters. The normalized spacial score (nSPS) is 10.8. The highest BCUT2D eigenvalue weighted by molar-refractivity contribution is 5.92. The van der Waals surface area contributed by atoms with Crippen LogP contribution in [0.1, 0.15) is 5.69 Å². The first-order valence-electron chi connectivity index (χ1n) is 6.78. The summed E-state index contributed by atoms with van der Waals surface area (Å²) in [6, 6.07) is 15.6. The third-order valence-electron chi connectivity index (χ3n) is 3.65. The van der Waals surface area contributed by atoms with E-state index in [9.17, 15) is 0 Å². The highest BCUT2D eigenvalue weighted by Gasteiger charge is 2.08. The van der Waals surface area contributed by atoms with Crippen LogP contribution in [-0.2, 0) is 13.7 Å². The maximum absolute atomic E-state index is 6.01. The number of hydrogen-bond donors (Lipinski definition) is 1. The summed E-state index contributed by atoms with van der Waals surface area (Å²) in [5, 5.41) is 1.06. The second kappa shape index (κ2) is 5.40. The fraction of sp³-hybridized carbons (Fsp3) is 0.176. The zero-order chi connectivity index (χ0) is 14.8. The standard InChI is InChI=1S/C17H18N2O2/c1-19-12(9-15-16(18)7-4-8-17(15)19)11-21-14-6-3-5-13(10-14)20-2/h3-10H,11,18H2,1-2H3. The first-order chi connectivity index (χ1) is 10.2. The topological polar surface area (TPSA) is 49.4 Å². The molecule has 3 rings (SSSR count). The third kappa shape index (κ3) is 2.52. The van der Waals surface area contributed by atoms with Crippen LogP contribution in [0.4, 0.5) is 5.69 Å². The molecular weight excluding hydrogens is 264 g/mol. The van der Waals surface area contributed by atoms with Gasteiger partial charge in [-0.1, -0.05) is 12.1 Å². The van der Waals surface area contributed by atoms with Crippen molar-refractivity contribution in [3.63, 3.8) is 0 Å². The average Bonchev–Trinajstić information content (AvgIpc) is 2.84. The van der Waals surface area contributed by atoms with Crippen molar-refractivity contribution in [2.45, 2.75) is 6.61 Å². The lowest BCUT2D eigenvalue weighted by Gasteiger charge is -2.08. The van der Waals surface area contributed by atoms with Gasteiger partial charge in [0.1, 0.15) is 18.1 Å². The molecule has 4 nitrogen and oxygen atoms in total. The predicted molar refractivity (Wildman–Crippen MR) is 84.7 cm³/mol. The number of nitrogen functional groups attached to an aromatic ring is 1. The summed E-state index contributed by atoms with van der Waals surface area (Å²) < 4.78 is 13.1. The molecule has 21 heavy (non-hydrogen) atoms. The molecule has 0 spiro atoms. The van der Waals surface area contributed by atoms with E-state index in [1.165, 1.54) is 0 Å². The molecule has 4 heteroatoms. The van der Waals surface area contributed by atoms with Gasteiger partial charge in [-0.15, -0.1) is 0 Å². The molecule has 2 aromatic carbocycles. The summed E-state index contributed by atoms with van der Waals surface area (Å²) in [6.07, 6.45) is 0. The Kier molecular flexibility index (Phi) is 3.44. The van der Waals surface area contributed by atoms with Crippen LogP contribution in [0.5, 0.6) is 11.5 Å². The Morgan fingerprint density at radius 1 is 1.05 bits per heavy atom. The van der Waals surface area contributed by atoms with Gasteiger partial charge in [-0.2, -0.15) is 0 Å². The van der Waals surface area contributed by atoms with Crippen LogP contribution in [0.3, 0.4) is 0 Å². The van der Waals surface area contributed by atoms with Gasteiger partial charge in [0.25, 0.3) is 0 Å². The fourth-order valence-corrected chi connectivity index (χ4v) is 2.43. The van der Waals surface area contributed by atoms with Gasteiger partial charge in [-0.3, -0.25) is 0 Å². The minimum atomic E-state index is 0.484. The fourth-order valence-electron chi connectivity index (χ4n) is 2.43. The van der Waals surface area contributed by atoms with Crippen LogP contribution in [0.15, 0.2) is 48.5 Å². The van der Waals surface area contributed by atoms with E-state index in [-0.39, 0.29) is 0 Å². The number of aryl methyl sites for hydroxylation is 1. The Labute approximate surface area is 123 Å². The minimum Gasteiger partial charge on any atom is -0.497 e. The molecule has 108 valence electrons. The van der Waals surface area contributed by atoms with E-state index in [1.807, 2.05) is 43.4 Å². The third-order valence-corrected chi connectivity index (χ3v) is 3.65. The molecule has 0 aliphatic rings. The second-order valence-electron chi connectivity index (χ2n) is 4.94. The van der Waals surface area contributed by atoms with Crippen molar-refractivity contribution in [1.29, 1.82) is 0 Å². The van der Waals surface area contributed by atoms with Crippen LogP contribution in [0.2, 0.25) is 0 Å². The zero-order valence-corrected chi connectivity index (χ0v) is 12.2. The molecule has 0 aliphatic carbocycles. The van der Waals surface area contributed by atoms with Crippen molar-refractivity contribution in [2.75, 3.05) is 12.8 Å². The molecule has 0 amide bonds. The van der Waals surface area contributed by atoms with Crippen molar-refractivity contribution in [3.05, 3.63) is 54.2 Å². The van der Waals surface area contributed by atoms with Gasteiger partial charge in [0.2, 0.25) is 0 Å². The number of ether oxygens (including phenoxy) is 2. The molecule has 3 aromatic rings. The molecule has 0 radical (unpaired) electrons. The average molecular weight is 282 g/mol. The molecular formula is C17H18N2O2. The van der Waals surface area contributed by atoms with Gasteiger partial charge in [-0.05, 0) is 30.3 Å². The van der Waals surface area contributed by atoms with Gasteiger partial charge in [0.05, 0.1) is 18.3 Å². The lowest BCUT2D eigenvalue weighted by Crippen LogP contribution is -2.01. The molecule has 0 saturated heterocycles. The highest BCUT2D eigenvalue weighted by Crippen LogP contribution is 2.25. The van der Waals surface area contributed by atoms with Crippen molar-refractivity contribution >= 4 is 16.6 Å². The second-order valence-corrected chi connectivity index (χ2v) is 4.94. The van der Waals surface area contributed by atoms with Gasteiger partial charge in [0.15, 0.2) is 0 Å². The van der Waals surface area contributed by atoms with Crippen LogP contribution >= 0.6 is 0 Å². The zero-order valence-electron chi connectivity index (χ0n) is 12.2.